The minimum atomic E-state index is -0.421. The number of halogens is 1. The summed E-state index contributed by atoms with van der Waals surface area (Å²) in [6.45, 7) is 1.57. The van der Waals surface area contributed by atoms with Crippen LogP contribution in [0.2, 0.25) is 0 Å². The third-order valence-electron chi connectivity index (χ3n) is 5.50. The van der Waals surface area contributed by atoms with E-state index in [1.807, 2.05) is 0 Å². The van der Waals surface area contributed by atoms with Crippen LogP contribution in [0.4, 0.5) is 20.6 Å². The summed E-state index contributed by atoms with van der Waals surface area (Å²) in [4.78, 5) is 30.9. The maximum absolute atomic E-state index is 13.5. The summed E-state index contributed by atoms with van der Waals surface area (Å²) in [6, 6.07) is 7.50. The first-order valence-electron chi connectivity index (χ1n) is 9.76. The molecule has 2 atom stereocenters. The van der Waals surface area contributed by atoms with Gasteiger partial charge in [-0.15, -0.1) is 0 Å². The van der Waals surface area contributed by atoms with Crippen LogP contribution in [0.3, 0.4) is 0 Å². The molecule has 3 amide bonds. The van der Waals surface area contributed by atoms with E-state index in [2.05, 4.69) is 15.6 Å². The second-order valence-electron chi connectivity index (χ2n) is 7.46. The second kappa shape index (κ2) is 8.46. The molecule has 0 unspecified atom stereocenters. The molecule has 1 aromatic heterocycles. The van der Waals surface area contributed by atoms with Crippen molar-refractivity contribution >= 4 is 23.3 Å². The van der Waals surface area contributed by atoms with Crippen molar-refractivity contribution < 1.29 is 18.7 Å². The van der Waals surface area contributed by atoms with Crippen molar-refractivity contribution in [1.82, 2.24) is 9.88 Å². The lowest BCUT2D eigenvalue weighted by molar-refractivity contribution is -0.118. The zero-order valence-electron chi connectivity index (χ0n) is 15.9. The van der Waals surface area contributed by atoms with E-state index < -0.39 is 5.82 Å². The van der Waals surface area contributed by atoms with E-state index in [0.717, 1.165) is 6.42 Å². The van der Waals surface area contributed by atoms with Crippen LogP contribution in [0.25, 0.3) is 0 Å². The Hall–Kier alpha value is -3.16. The van der Waals surface area contributed by atoms with E-state index in [1.165, 1.54) is 18.2 Å². The second-order valence-corrected chi connectivity index (χ2v) is 7.46. The number of likely N-dealkylation sites (tertiary alicyclic amines) is 1. The predicted octanol–water partition coefficient (Wildman–Crippen LogP) is 3.50. The molecule has 7 nitrogen and oxygen atoms in total. The fraction of sp³-hybridized carbons (Fsp3) is 0.381. The van der Waals surface area contributed by atoms with Gasteiger partial charge in [-0.1, -0.05) is 0 Å². The smallest absolute Gasteiger partial charge is 0.321 e. The fourth-order valence-corrected chi connectivity index (χ4v) is 3.99. The Morgan fingerprint density at radius 1 is 1.28 bits per heavy atom. The van der Waals surface area contributed by atoms with Gasteiger partial charge >= 0.3 is 6.03 Å². The predicted molar refractivity (Wildman–Crippen MR) is 106 cm³/mol. The zero-order valence-corrected chi connectivity index (χ0v) is 15.9. The fourth-order valence-electron chi connectivity index (χ4n) is 3.99. The normalized spacial score (nSPS) is 21.8. The Labute approximate surface area is 168 Å². The van der Waals surface area contributed by atoms with Crippen molar-refractivity contribution in [2.75, 3.05) is 30.3 Å². The number of carbonyl (C=O) groups excluding carboxylic acids is 2. The van der Waals surface area contributed by atoms with Gasteiger partial charge in [0.1, 0.15) is 11.6 Å². The van der Waals surface area contributed by atoms with Crippen LogP contribution < -0.4 is 15.4 Å². The standard InChI is InChI=1S/C21H23FN4O3/c22-16-3-4-19-18(11-16)25-20(27)10-14-5-8-26(13-15(14)6-9-29-19)21(28)24-17-2-1-7-23-12-17/h1-4,7,11-12,14-15H,5-6,8-10,13H2,(H,24,28)(H,25,27)/t14-,15-/m0/s1. The average Bonchev–Trinajstić information content (AvgIpc) is 2.71. The molecular formula is C21H23FN4O3. The SMILES string of the molecule is O=C1C[C@@H]2CCN(C(=O)Nc3cccnc3)C[C@@H]2CCOc2ccc(F)cc2N1. The highest BCUT2D eigenvalue weighted by Crippen LogP contribution is 2.33. The van der Waals surface area contributed by atoms with Crippen molar-refractivity contribution in [3.63, 3.8) is 0 Å². The molecule has 1 fully saturated rings. The van der Waals surface area contributed by atoms with Crippen molar-refractivity contribution in [3.8, 4) is 5.75 Å². The summed E-state index contributed by atoms with van der Waals surface area (Å²) in [6.07, 6.45) is 5.05. The number of hydrogen-bond donors (Lipinski definition) is 2. The summed E-state index contributed by atoms with van der Waals surface area (Å²) >= 11 is 0. The van der Waals surface area contributed by atoms with Crippen LogP contribution in [-0.2, 0) is 4.79 Å². The molecule has 0 bridgehead atoms. The highest BCUT2D eigenvalue weighted by atomic mass is 19.1. The first-order valence-corrected chi connectivity index (χ1v) is 9.76. The van der Waals surface area contributed by atoms with Crippen LogP contribution in [-0.4, -0.2) is 41.5 Å². The Balaban J connectivity index is 1.44. The lowest BCUT2D eigenvalue weighted by Crippen LogP contribution is -2.46. The van der Waals surface area contributed by atoms with E-state index in [0.29, 0.717) is 49.7 Å². The first kappa shape index (κ1) is 19.2. The Bertz CT molecular complexity index is 893. The summed E-state index contributed by atoms with van der Waals surface area (Å²) < 4.78 is 19.3. The molecule has 8 heteroatoms. The largest absolute Gasteiger partial charge is 0.491 e. The highest BCUT2D eigenvalue weighted by molar-refractivity contribution is 5.92. The Morgan fingerprint density at radius 2 is 2.17 bits per heavy atom. The number of amides is 3. The van der Waals surface area contributed by atoms with Gasteiger partial charge in [0, 0.05) is 31.8 Å². The van der Waals surface area contributed by atoms with Gasteiger partial charge in [0.2, 0.25) is 5.91 Å². The Kier molecular flexibility index (Phi) is 5.59. The molecule has 0 aliphatic carbocycles. The van der Waals surface area contributed by atoms with Crippen LogP contribution in [0.15, 0.2) is 42.7 Å². The summed E-state index contributed by atoms with van der Waals surface area (Å²) in [7, 11) is 0. The van der Waals surface area contributed by atoms with Crippen LogP contribution in [0, 0.1) is 17.7 Å². The van der Waals surface area contributed by atoms with Crippen LogP contribution in [0.1, 0.15) is 19.3 Å². The summed E-state index contributed by atoms with van der Waals surface area (Å²) in [5.74, 6) is 0.175. The summed E-state index contributed by atoms with van der Waals surface area (Å²) in [5, 5.41) is 5.63. The van der Waals surface area contributed by atoms with Crippen LogP contribution in [0.5, 0.6) is 5.75 Å². The molecule has 152 valence electrons. The molecule has 4 rings (SSSR count). The lowest BCUT2D eigenvalue weighted by atomic mass is 9.81. The molecule has 2 aromatic rings. The van der Waals surface area contributed by atoms with Gasteiger partial charge in [0.05, 0.1) is 24.2 Å². The monoisotopic (exact) mass is 398 g/mol. The number of piperidine rings is 1. The van der Waals surface area contributed by atoms with E-state index >= 15 is 0 Å². The van der Waals surface area contributed by atoms with Crippen molar-refractivity contribution in [3.05, 3.63) is 48.5 Å². The minimum Gasteiger partial charge on any atom is -0.491 e. The number of pyridine rings is 1. The van der Waals surface area contributed by atoms with Gasteiger partial charge in [-0.3, -0.25) is 9.78 Å². The number of fused-ring (bicyclic) bond motifs is 2. The molecule has 0 radical (unpaired) electrons. The number of ether oxygens (including phenoxy) is 1. The number of benzene rings is 1. The molecule has 0 spiro atoms. The maximum atomic E-state index is 13.5. The molecule has 3 heterocycles. The van der Waals surface area contributed by atoms with Gasteiger partial charge < -0.3 is 20.3 Å². The van der Waals surface area contributed by atoms with Gasteiger partial charge in [0.15, 0.2) is 0 Å². The average molecular weight is 398 g/mol. The van der Waals surface area contributed by atoms with Crippen molar-refractivity contribution in [2.45, 2.75) is 19.3 Å². The summed E-state index contributed by atoms with van der Waals surface area (Å²) in [5.41, 5.74) is 1.01. The maximum Gasteiger partial charge on any atom is 0.321 e. The van der Waals surface area contributed by atoms with E-state index in [-0.39, 0.29) is 23.8 Å². The van der Waals surface area contributed by atoms with Crippen molar-refractivity contribution in [2.24, 2.45) is 11.8 Å². The molecule has 2 N–H and O–H groups in total. The first-order chi connectivity index (χ1) is 14.1. The molecule has 29 heavy (non-hydrogen) atoms. The molecule has 1 saturated heterocycles. The minimum absolute atomic E-state index is 0.149. The number of rotatable bonds is 1. The lowest BCUT2D eigenvalue weighted by Gasteiger charge is -2.38. The topological polar surface area (TPSA) is 83.6 Å². The van der Waals surface area contributed by atoms with Gasteiger partial charge in [-0.25, -0.2) is 9.18 Å². The number of nitrogens with zero attached hydrogens (tertiary/aromatic N) is 2. The number of nitrogens with one attached hydrogen (secondary N) is 2. The van der Waals surface area contributed by atoms with E-state index in [1.54, 1.807) is 29.4 Å². The third kappa shape index (κ3) is 4.64. The molecule has 1 aromatic carbocycles. The number of hydrogen-bond acceptors (Lipinski definition) is 4. The molecule has 2 aliphatic heterocycles. The Morgan fingerprint density at radius 3 is 3.00 bits per heavy atom. The van der Waals surface area contributed by atoms with E-state index in [4.69, 9.17) is 4.74 Å². The quantitative estimate of drug-likeness (QED) is 0.770. The molecule has 0 saturated carbocycles. The third-order valence-corrected chi connectivity index (χ3v) is 5.50. The highest BCUT2D eigenvalue weighted by Gasteiger charge is 2.33. The van der Waals surface area contributed by atoms with Gasteiger partial charge in [-0.2, -0.15) is 0 Å². The number of carbonyl (C=O) groups is 2. The van der Waals surface area contributed by atoms with Gasteiger partial charge in [0.25, 0.3) is 0 Å². The number of aromatic nitrogens is 1. The van der Waals surface area contributed by atoms with Crippen LogP contribution >= 0.6 is 0 Å². The zero-order chi connectivity index (χ0) is 20.2. The van der Waals surface area contributed by atoms with E-state index in [9.17, 15) is 14.0 Å². The molecular weight excluding hydrogens is 375 g/mol. The number of urea groups is 1. The molecule has 2 aliphatic rings. The van der Waals surface area contributed by atoms with Crippen molar-refractivity contribution in [1.29, 1.82) is 0 Å². The number of anilines is 2. The van der Waals surface area contributed by atoms with Gasteiger partial charge in [-0.05, 0) is 48.9 Å².